The van der Waals surface area contributed by atoms with Gasteiger partial charge in [0.2, 0.25) is 21.9 Å². The molecule has 160 valence electrons. The third-order valence-corrected chi connectivity index (χ3v) is 4.73. The Morgan fingerprint density at radius 2 is 1.83 bits per heavy atom. The monoisotopic (exact) mass is 425 g/mol. The summed E-state index contributed by atoms with van der Waals surface area (Å²) in [5, 5.41) is 12.6. The van der Waals surface area contributed by atoms with Gasteiger partial charge in [-0.2, -0.15) is 15.0 Å². The Bertz CT molecular complexity index is 924. The van der Waals surface area contributed by atoms with Gasteiger partial charge >= 0.3 is 0 Å². The van der Waals surface area contributed by atoms with Crippen molar-refractivity contribution >= 4 is 21.9 Å². The van der Waals surface area contributed by atoms with E-state index in [-0.39, 0.29) is 36.3 Å². The van der Waals surface area contributed by atoms with Crippen molar-refractivity contribution < 1.29 is 17.9 Å². The molecule has 2 rings (SSSR count). The molecule has 2 unspecified atom stereocenters. The molecule has 0 bridgehead atoms. The van der Waals surface area contributed by atoms with Crippen LogP contribution in [0.2, 0.25) is 0 Å². The van der Waals surface area contributed by atoms with E-state index in [0.717, 1.165) is 11.8 Å². The highest BCUT2D eigenvalue weighted by Crippen LogP contribution is 2.21. The third kappa shape index (κ3) is 7.90. The zero-order valence-corrected chi connectivity index (χ0v) is 17.9. The number of nitrogens with one attached hydrogen (secondary N) is 2. The van der Waals surface area contributed by atoms with E-state index in [1.165, 1.54) is 12.1 Å². The molecule has 1 aromatic heterocycles. The summed E-state index contributed by atoms with van der Waals surface area (Å²) in [4.78, 5) is 12.7. The van der Waals surface area contributed by atoms with E-state index < -0.39 is 10.0 Å². The highest BCUT2D eigenvalue weighted by molar-refractivity contribution is 7.91. The number of aliphatic hydroxyl groups is 1. The van der Waals surface area contributed by atoms with Crippen LogP contribution >= 0.6 is 0 Å². The summed E-state index contributed by atoms with van der Waals surface area (Å²) in [6.45, 7) is 5.85. The van der Waals surface area contributed by atoms with Crippen LogP contribution in [-0.2, 0) is 16.4 Å². The molecule has 10 heteroatoms. The summed E-state index contributed by atoms with van der Waals surface area (Å²) in [7, 11) is -3.58. The van der Waals surface area contributed by atoms with Crippen LogP contribution in [0.5, 0.6) is 0 Å². The molecule has 3 N–H and O–H groups in total. The first-order chi connectivity index (χ1) is 13.6. The molecule has 8 nitrogen and oxygen atoms in total. The topological polar surface area (TPSA) is 117 Å². The van der Waals surface area contributed by atoms with Gasteiger partial charge in [-0.05, 0) is 36.0 Å². The molecule has 0 saturated carbocycles. The Balaban J connectivity index is 2.30. The van der Waals surface area contributed by atoms with Gasteiger partial charge in [-0.15, -0.1) is 0 Å². The van der Waals surface area contributed by atoms with Crippen molar-refractivity contribution in [2.45, 2.75) is 45.6 Å². The van der Waals surface area contributed by atoms with E-state index in [2.05, 4.69) is 25.0 Å². The smallest absolute Gasteiger partial charge is 0.241 e. The minimum absolute atomic E-state index is 0.101. The van der Waals surface area contributed by atoms with E-state index in [1.807, 2.05) is 26.8 Å². The number of anilines is 2. The Morgan fingerprint density at radius 3 is 2.41 bits per heavy atom. The second kappa shape index (κ2) is 9.93. The maximum absolute atomic E-state index is 13.5. The first kappa shape index (κ1) is 23.0. The lowest BCUT2D eigenvalue weighted by atomic mass is 9.97. The van der Waals surface area contributed by atoms with Crippen molar-refractivity contribution in [3.05, 3.63) is 41.5 Å². The van der Waals surface area contributed by atoms with Gasteiger partial charge in [0, 0.05) is 6.42 Å². The normalized spacial score (nSPS) is 13.9. The molecule has 0 aliphatic heterocycles. The lowest BCUT2D eigenvalue weighted by Crippen LogP contribution is -2.27. The molecular formula is C19H28FN5O3S. The minimum atomic E-state index is -3.58. The van der Waals surface area contributed by atoms with Crippen LogP contribution in [0.3, 0.4) is 0 Å². The van der Waals surface area contributed by atoms with Crippen LogP contribution in [0, 0.1) is 11.7 Å². The maximum atomic E-state index is 13.5. The number of aliphatic hydroxyl groups excluding tert-OH is 1. The van der Waals surface area contributed by atoms with Crippen LogP contribution in [0.1, 0.15) is 44.5 Å². The first-order valence-electron chi connectivity index (χ1n) is 9.41. The number of rotatable bonds is 10. The van der Waals surface area contributed by atoms with Gasteiger partial charge in [-0.25, -0.2) is 12.8 Å². The fraction of sp³-hybridized carbons (Fsp3) is 0.526. The van der Waals surface area contributed by atoms with Crippen molar-refractivity contribution in [2.24, 2.45) is 5.92 Å². The summed E-state index contributed by atoms with van der Waals surface area (Å²) < 4.78 is 39.0. The van der Waals surface area contributed by atoms with Gasteiger partial charge in [-0.3, -0.25) is 4.72 Å². The van der Waals surface area contributed by atoms with Crippen LogP contribution in [0.15, 0.2) is 24.3 Å². The van der Waals surface area contributed by atoms with Gasteiger partial charge in [0.15, 0.2) is 0 Å². The Morgan fingerprint density at radius 1 is 1.14 bits per heavy atom. The van der Waals surface area contributed by atoms with Gasteiger partial charge in [0.1, 0.15) is 11.6 Å². The number of hydrogen-bond acceptors (Lipinski definition) is 7. The highest BCUT2D eigenvalue weighted by Gasteiger charge is 2.17. The van der Waals surface area contributed by atoms with Gasteiger partial charge < -0.3 is 10.4 Å². The number of halogens is 1. The first-order valence-corrected chi connectivity index (χ1v) is 11.3. The molecule has 2 aromatic rings. The van der Waals surface area contributed by atoms with E-state index in [0.29, 0.717) is 24.6 Å². The molecule has 0 spiro atoms. The molecule has 2 atom stereocenters. The summed E-state index contributed by atoms with van der Waals surface area (Å²) >= 11 is 0. The van der Waals surface area contributed by atoms with Crippen molar-refractivity contribution in [1.29, 1.82) is 0 Å². The predicted octanol–water partition coefficient (Wildman–Crippen LogP) is 2.55. The summed E-state index contributed by atoms with van der Waals surface area (Å²) in [6, 6.07) is 5.99. The largest absolute Gasteiger partial charge is 0.394 e. The van der Waals surface area contributed by atoms with Crippen molar-refractivity contribution in [1.82, 2.24) is 15.0 Å². The number of hydrogen-bond donors (Lipinski definition) is 3. The van der Waals surface area contributed by atoms with Gasteiger partial charge in [0.25, 0.3) is 0 Å². The molecule has 0 amide bonds. The Labute approximate surface area is 171 Å². The van der Waals surface area contributed by atoms with Crippen LogP contribution in [-0.4, -0.2) is 47.4 Å². The summed E-state index contributed by atoms with van der Waals surface area (Å²) in [5.74, 6) is 0.330. The summed E-state index contributed by atoms with van der Waals surface area (Å²) in [5.41, 5.74) is 0.783. The lowest BCUT2D eigenvalue weighted by molar-refractivity contribution is 0.259. The van der Waals surface area contributed by atoms with Crippen LogP contribution in [0.25, 0.3) is 0 Å². The molecule has 0 aliphatic carbocycles. The Hall–Kier alpha value is -2.33. The zero-order chi connectivity index (χ0) is 21.6. The average Bonchev–Trinajstić information content (AvgIpc) is 2.59. The fourth-order valence-electron chi connectivity index (χ4n) is 2.92. The molecule has 0 aliphatic rings. The maximum Gasteiger partial charge on any atom is 0.241 e. The number of nitrogens with zero attached hydrogens (tertiary/aromatic N) is 3. The summed E-state index contributed by atoms with van der Waals surface area (Å²) in [6.07, 6.45) is 2.05. The zero-order valence-electron chi connectivity index (χ0n) is 17.1. The van der Waals surface area contributed by atoms with Gasteiger partial charge in [0.05, 0.1) is 18.9 Å². The third-order valence-electron chi connectivity index (χ3n) is 4.17. The minimum Gasteiger partial charge on any atom is -0.394 e. The van der Waals surface area contributed by atoms with E-state index in [9.17, 15) is 17.9 Å². The van der Waals surface area contributed by atoms with E-state index in [4.69, 9.17) is 0 Å². The van der Waals surface area contributed by atoms with E-state index >= 15 is 0 Å². The number of benzene rings is 1. The van der Waals surface area contributed by atoms with Crippen molar-refractivity contribution in [3.8, 4) is 0 Å². The second-order valence-electron chi connectivity index (χ2n) is 7.59. The van der Waals surface area contributed by atoms with Crippen molar-refractivity contribution in [2.75, 3.05) is 22.9 Å². The molecule has 0 radical (unpaired) electrons. The fourth-order valence-corrected chi connectivity index (χ4v) is 3.35. The molecule has 1 aromatic carbocycles. The average molecular weight is 426 g/mol. The van der Waals surface area contributed by atoms with Gasteiger partial charge in [-0.1, -0.05) is 32.9 Å². The predicted molar refractivity (Wildman–Crippen MR) is 111 cm³/mol. The second-order valence-corrected chi connectivity index (χ2v) is 9.34. The quantitative estimate of drug-likeness (QED) is 0.535. The molecule has 0 saturated heterocycles. The van der Waals surface area contributed by atoms with Crippen molar-refractivity contribution in [3.63, 3.8) is 0 Å². The molecular weight excluding hydrogens is 397 g/mol. The number of aromatic nitrogens is 3. The molecule has 1 heterocycles. The molecule has 0 fully saturated rings. The lowest BCUT2D eigenvalue weighted by Gasteiger charge is -2.19. The standard InChI is InChI=1S/C19H28FN5O3S/c1-12(2)8-16(11-26)21-18-22-17(23-19(24-18)25-29(4,27)28)9-13(3)14-6-5-7-15(20)10-14/h5-7,10,12-13,16,26H,8-9,11H2,1-4H3,(H2,21,22,23,24,25). The number of sulfonamides is 1. The van der Waals surface area contributed by atoms with E-state index in [1.54, 1.807) is 6.07 Å². The Kier molecular flexibility index (Phi) is 7.86. The molecule has 29 heavy (non-hydrogen) atoms. The highest BCUT2D eigenvalue weighted by atomic mass is 32.2. The SMILES string of the molecule is CC(C)CC(CO)Nc1nc(CC(C)c2cccc(F)c2)nc(NS(C)(=O)=O)n1. The van der Waals surface area contributed by atoms with Crippen LogP contribution in [0.4, 0.5) is 16.3 Å². The van der Waals surface area contributed by atoms with Crippen LogP contribution < -0.4 is 10.0 Å².